The summed E-state index contributed by atoms with van der Waals surface area (Å²) in [5.41, 5.74) is 3.14. The topological polar surface area (TPSA) is 75.4 Å². The number of aryl methyl sites for hydroxylation is 3. The molecule has 0 bridgehead atoms. The van der Waals surface area contributed by atoms with E-state index >= 15 is 0 Å². The Labute approximate surface area is 134 Å². The lowest BCUT2D eigenvalue weighted by Gasteiger charge is -2.17. The predicted molar refractivity (Wildman–Crippen MR) is 86.2 cm³/mol. The first-order valence-electron chi connectivity index (χ1n) is 7.56. The van der Waals surface area contributed by atoms with Crippen molar-refractivity contribution in [2.24, 2.45) is 5.92 Å². The lowest BCUT2D eigenvalue weighted by atomic mass is 10.1. The van der Waals surface area contributed by atoms with Gasteiger partial charge in [0.2, 0.25) is 11.8 Å². The maximum absolute atomic E-state index is 12.3. The van der Waals surface area contributed by atoms with E-state index in [0.29, 0.717) is 18.1 Å². The van der Waals surface area contributed by atoms with E-state index in [-0.39, 0.29) is 24.2 Å². The SMILES string of the molecule is Cc1cc(NC(=O)[C@@H]2CC(=O)N(c3ccc(C)c(C)c3)C2)no1. The highest BCUT2D eigenvalue weighted by molar-refractivity contribution is 6.03. The van der Waals surface area contributed by atoms with Crippen molar-refractivity contribution < 1.29 is 14.1 Å². The third-order valence-corrected chi connectivity index (χ3v) is 4.18. The minimum atomic E-state index is -0.388. The standard InChI is InChI=1S/C17H19N3O3/c1-10-4-5-14(6-11(10)2)20-9-13(8-16(20)21)17(22)18-15-7-12(3)23-19-15/h4-7,13H,8-9H2,1-3H3,(H,18,19,22)/t13-/m1/s1. The summed E-state index contributed by atoms with van der Waals surface area (Å²) in [6.45, 7) is 6.17. The number of anilines is 2. The maximum atomic E-state index is 12.3. The number of amides is 2. The van der Waals surface area contributed by atoms with Gasteiger partial charge in [0.1, 0.15) is 5.76 Å². The van der Waals surface area contributed by atoms with E-state index in [9.17, 15) is 9.59 Å². The molecule has 1 atom stereocenters. The highest BCUT2D eigenvalue weighted by atomic mass is 16.5. The Morgan fingerprint density at radius 3 is 2.70 bits per heavy atom. The first-order chi connectivity index (χ1) is 10.9. The van der Waals surface area contributed by atoms with Gasteiger partial charge in [-0.05, 0) is 44.0 Å². The normalized spacial score (nSPS) is 17.6. The van der Waals surface area contributed by atoms with Crippen LogP contribution in [0.1, 0.15) is 23.3 Å². The summed E-state index contributed by atoms with van der Waals surface area (Å²) in [5.74, 6) is 0.368. The fraction of sp³-hybridized carbons (Fsp3) is 0.353. The maximum Gasteiger partial charge on any atom is 0.231 e. The number of hydrogen-bond donors (Lipinski definition) is 1. The molecule has 1 aliphatic heterocycles. The number of nitrogens with one attached hydrogen (secondary N) is 1. The molecule has 0 aliphatic carbocycles. The van der Waals surface area contributed by atoms with Gasteiger partial charge in [0.05, 0.1) is 5.92 Å². The predicted octanol–water partition coefficient (Wildman–Crippen LogP) is 2.59. The van der Waals surface area contributed by atoms with E-state index in [1.54, 1.807) is 17.9 Å². The average Bonchev–Trinajstić information content (AvgIpc) is 3.08. The summed E-state index contributed by atoms with van der Waals surface area (Å²) in [6, 6.07) is 7.54. The molecule has 1 N–H and O–H groups in total. The molecular weight excluding hydrogens is 294 g/mol. The molecule has 2 aromatic rings. The number of nitrogens with zero attached hydrogens (tertiary/aromatic N) is 2. The van der Waals surface area contributed by atoms with E-state index in [4.69, 9.17) is 4.52 Å². The quantitative estimate of drug-likeness (QED) is 0.945. The zero-order valence-corrected chi connectivity index (χ0v) is 13.4. The van der Waals surface area contributed by atoms with Crippen LogP contribution in [0.25, 0.3) is 0 Å². The Bertz CT molecular complexity index is 766. The molecule has 1 aromatic heterocycles. The molecule has 1 aliphatic rings. The highest BCUT2D eigenvalue weighted by Gasteiger charge is 2.35. The van der Waals surface area contributed by atoms with Crippen molar-refractivity contribution in [3.63, 3.8) is 0 Å². The van der Waals surface area contributed by atoms with Crippen LogP contribution in [-0.2, 0) is 9.59 Å². The number of carbonyl (C=O) groups excluding carboxylic acids is 2. The average molecular weight is 313 g/mol. The molecule has 2 heterocycles. The molecule has 3 rings (SSSR count). The number of rotatable bonds is 3. The molecule has 1 fully saturated rings. The monoisotopic (exact) mass is 313 g/mol. The van der Waals surface area contributed by atoms with E-state index in [1.807, 2.05) is 32.0 Å². The van der Waals surface area contributed by atoms with Crippen LogP contribution in [0.5, 0.6) is 0 Å². The van der Waals surface area contributed by atoms with Crippen molar-refractivity contribution in [1.29, 1.82) is 0 Å². The third-order valence-electron chi connectivity index (χ3n) is 4.18. The molecule has 6 nitrogen and oxygen atoms in total. The minimum Gasteiger partial charge on any atom is -0.360 e. The van der Waals surface area contributed by atoms with Crippen LogP contribution in [-0.4, -0.2) is 23.5 Å². The lowest BCUT2D eigenvalue weighted by molar-refractivity contribution is -0.122. The summed E-state index contributed by atoms with van der Waals surface area (Å²) in [6.07, 6.45) is 0.204. The Balaban J connectivity index is 1.71. The Hall–Kier alpha value is -2.63. The second-order valence-electron chi connectivity index (χ2n) is 5.99. The molecule has 1 aromatic carbocycles. The number of benzene rings is 1. The van der Waals surface area contributed by atoms with Gasteiger partial charge < -0.3 is 14.7 Å². The molecule has 0 unspecified atom stereocenters. The van der Waals surface area contributed by atoms with Crippen molar-refractivity contribution in [3.8, 4) is 0 Å². The van der Waals surface area contributed by atoms with Crippen LogP contribution in [0.4, 0.5) is 11.5 Å². The van der Waals surface area contributed by atoms with Crippen LogP contribution in [0.15, 0.2) is 28.8 Å². The Kier molecular flexibility index (Phi) is 3.90. The second-order valence-corrected chi connectivity index (χ2v) is 5.99. The third kappa shape index (κ3) is 3.11. The van der Waals surface area contributed by atoms with E-state index < -0.39 is 0 Å². The van der Waals surface area contributed by atoms with Gasteiger partial charge in [0.15, 0.2) is 5.82 Å². The zero-order chi connectivity index (χ0) is 16.6. The van der Waals surface area contributed by atoms with Crippen molar-refractivity contribution in [1.82, 2.24) is 5.16 Å². The second kappa shape index (κ2) is 5.87. The van der Waals surface area contributed by atoms with Crippen LogP contribution in [0.2, 0.25) is 0 Å². The zero-order valence-electron chi connectivity index (χ0n) is 13.4. The highest BCUT2D eigenvalue weighted by Crippen LogP contribution is 2.27. The van der Waals surface area contributed by atoms with Gasteiger partial charge >= 0.3 is 0 Å². The van der Waals surface area contributed by atoms with Crippen LogP contribution in [0, 0.1) is 26.7 Å². The van der Waals surface area contributed by atoms with Crippen LogP contribution in [0.3, 0.4) is 0 Å². The molecule has 2 amide bonds. The fourth-order valence-electron chi connectivity index (χ4n) is 2.68. The summed E-state index contributed by atoms with van der Waals surface area (Å²) in [5, 5.41) is 6.43. The Morgan fingerprint density at radius 1 is 1.26 bits per heavy atom. The van der Waals surface area contributed by atoms with Crippen molar-refractivity contribution in [2.45, 2.75) is 27.2 Å². The van der Waals surface area contributed by atoms with Gasteiger partial charge in [-0.3, -0.25) is 9.59 Å². The summed E-state index contributed by atoms with van der Waals surface area (Å²) in [7, 11) is 0. The van der Waals surface area contributed by atoms with Crippen molar-refractivity contribution in [3.05, 3.63) is 41.2 Å². The first kappa shape index (κ1) is 15.3. The summed E-state index contributed by atoms with van der Waals surface area (Å²) < 4.78 is 4.92. The minimum absolute atomic E-state index is 0.0373. The summed E-state index contributed by atoms with van der Waals surface area (Å²) in [4.78, 5) is 26.2. The molecular formula is C17H19N3O3. The van der Waals surface area contributed by atoms with Crippen LogP contribution >= 0.6 is 0 Å². The van der Waals surface area contributed by atoms with E-state index in [2.05, 4.69) is 10.5 Å². The van der Waals surface area contributed by atoms with Gasteiger partial charge in [-0.25, -0.2) is 0 Å². The largest absolute Gasteiger partial charge is 0.360 e. The number of aromatic nitrogens is 1. The van der Waals surface area contributed by atoms with Gasteiger partial charge in [0.25, 0.3) is 0 Å². The van der Waals surface area contributed by atoms with Gasteiger partial charge in [-0.15, -0.1) is 0 Å². The summed E-state index contributed by atoms with van der Waals surface area (Å²) >= 11 is 0. The molecule has 23 heavy (non-hydrogen) atoms. The number of hydrogen-bond acceptors (Lipinski definition) is 4. The molecule has 1 saturated heterocycles. The van der Waals surface area contributed by atoms with Crippen LogP contribution < -0.4 is 10.2 Å². The van der Waals surface area contributed by atoms with Crippen molar-refractivity contribution >= 4 is 23.3 Å². The lowest BCUT2D eigenvalue weighted by Crippen LogP contribution is -2.28. The molecule has 0 radical (unpaired) electrons. The van der Waals surface area contributed by atoms with Gasteiger partial charge in [0, 0.05) is 24.7 Å². The fourth-order valence-corrected chi connectivity index (χ4v) is 2.68. The Morgan fingerprint density at radius 2 is 2.04 bits per heavy atom. The number of carbonyl (C=O) groups is 2. The molecule has 6 heteroatoms. The van der Waals surface area contributed by atoms with Gasteiger partial charge in [-0.1, -0.05) is 11.2 Å². The molecule has 0 spiro atoms. The smallest absolute Gasteiger partial charge is 0.231 e. The van der Waals surface area contributed by atoms with E-state index in [1.165, 1.54) is 5.56 Å². The first-order valence-corrected chi connectivity index (χ1v) is 7.56. The van der Waals surface area contributed by atoms with Crippen molar-refractivity contribution in [2.75, 3.05) is 16.8 Å². The molecule has 0 saturated carbocycles. The molecule has 120 valence electrons. The van der Waals surface area contributed by atoms with Gasteiger partial charge in [-0.2, -0.15) is 0 Å². The van der Waals surface area contributed by atoms with E-state index in [0.717, 1.165) is 11.3 Å².